The molecule has 6 nitrogen and oxygen atoms in total. The average molecular weight is 246 g/mol. The second-order valence-electron chi connectivity index (χ2n) is 4.36. The highest BCUT2D eigenvalue weighted by Crippen LogP contribution is 2.06. The lowest BCUT2D eigenvalue weighted by Gasteiger charge is -2.21. The van der Waals surface area contributed by atoms with E-state index in [-0.39, 0.29) is 12.5 Å². The van der Waals surface area contributed by atoms with Crippen molar-refractivity contribution in [1.29, 1.82) is 0 Å². The summed E-state index contributed by atoms with van der Waals surface area (Å²) in [5.41, 5.74) is -0.572. The maximum absolute atomic E-state index is 11.6. The summed E-state index contributed by atoms with van der Waals surface area (Å²) in [5.74, 6) is -0.305. The smallest absolute Gasteiger partial charge is 0.408 e. The van der Waals surface area contributed by atoms with Gasteiger partial charge in [0.1, 0.15) is 12.1 Å². The highest BCUT2D eigenvalue weighted by atomic mass is 16.7. The maximum Gasteiger partial charge on any atom is 0.408 e. The summed E-state index contributed by atoms with van der Waals surface area (Å²) >= 11 is 0. The molecule has 0 rings (SSSR count). The Hall–Kier alpha value is -1.30. The molecule has 6 heteroatoms. The number of hydrogen-bond acceptors (Lipinski definition) is 4. The van der Waals surface area contributed by atoms with Crippen LogP contribution in [0.2, 0.25) is 0 Å². The zero-order chi connectivity index (χ0) is 13.5. The Morgan fingerprint density at radius 1 is 1.24 bits per heavy atom. The van der Waals surface area contributed by atoms with Crippen molar-refractivity contribution >= 4 is 12.0 Å². The minimum atomic E-state index is -0.613. The highest BCUT2D eigenvalue weighted by molar-refractivity contribution is 5.81. The predicted molar refractivity (Wildman–Crippen MR) is 63.2 cm³/mol. The summed E-state index contributed by atoms with van der Waals surface area (Å²) < 4.78 is 5.00. The van der Waals surface area contributed by atoms with Crippen LogP contribution in [-0.2, 0) is 14.4 Å². The lowest BCUT2D eigenvalue weighted by molar-refractivity contribution is -0.182. The molecule has 0 fully saturated rings. The van der Waals surface area contributed by atoms with Gasteiger partial charge in [-0.1, -0.05) is 0 Å². The Labute approximate surface area is 102 Å². The van der Waals surface area contributed by atoms with E-state index in [9.17, 15) is 9.59 Å². The average Bonchev–Trinajstić information content (AvgIpc) is 2.20. The number of carbonyl (C=O) groups is 2. The van der Waals surface area contributed by atoms with E-state index in [1.807, 2.05) is 0 Å². The first kappa shape index (κ1) is 15.7. The maximum atomic E-state index is 11.6. The molecule has 0 aliphatic carbocycles. The fraction of sp³-hybridized carbons (Fsp3) is 0.818. The van der Waals surface area contributed by atoms with Gasteiger partial charge in [-0.25, -0.2) is 9.86 Å². The van der Waals surface area contributed by atoms with Crippen LogP contribution in [0.3, 0.4) is 0 Å². The predicted octanol–water partition coefficient (Wildman–Crippen LogP) is 1.31. The summed E-state index contributed by atoms with van der Waals surface area (Å²) in [6, 6.07) is 0. The molecular weight excluding hydrogens is 224 g/mol. The molecule has 17 heavy (non-hydrogen) atoms. The third-order valence-electron chi connectivity index (χ3n) is 1.63. The number of nitrogens with zero attached hydrogens (tertiary/aromatic N) is 1. The van der Waals surface area contributed by atoms with Crippen molar-refractivity contribution in [1.82, 2.24) is 10.4 Å². The van der Waals surface area contributed by atoms with Crippen molar-refractivity contribution in [2.24, 2.45) is 0 Å². The number of carbonyl (C=O) groups excluding carboxylic acids is 2. The molecule has 0 saturated heterocycles. The van der Waals surface area contributed by atoms with E-state index in [0.29, 0.717) is 13.2 Å². The first-order chi connectivity index (χ1) is 7.80. The number of alkyl carbamates (subject to hydrolysis) is 1. The minimum absolute atomic E-state index is 0.136. The first-order valence-electron chi connectivity index (χ1n) is 5.70. The monoisotopic (exact) mass is 246 g/mol. The molecule has 0 aliphatic rings. The molecule has 0 radical (unpaired) electrons. The van der Waals surface area contributed by atoms with Gasteiger partial charge in [0.15, 0.2) is 0 Å². The highest BCUT2D eigenvalue weighted by Gasteiger charge is 2.18. The summed E-state index contributed by atoms with van der Waals surface area (Å²) in [4.78, 5) is 27.9. The Morgan fingerprint density at radius 3 is 2.24 bits per heavy atom. The van der Waals surface area contributed by atoms with Crippen LogP contribution in [0.25, 0.3) is 0 Å². The normalized spacial score (nSPS) is 10.9. The van der Waals surface area contributed by atoms with Gasteiger partial charge in [-0.05, 0) is 34.6 Å². The van der Waals surface area contributed by atoms with Gasteiger partial charge in [0.05, 0.1) is 6.61 Å². The lowest BCUT2D eigenvalue weighted by atomic mass is 10.2. The molecule has 0 spiro atoms. The van der Waals surface area contributed by atoms with E-state index >= 15 is 0 Å². The molecule has 0 aromatic carbocycles. The molecular formula is C11H22N2O4. The number of hydrogen-bond donors (Lipinski definition) is 1. The van der Waals surface area contributed by atoms with Gasteiger partial charge in [0.25, 0.3) is 5.91 Å². The van der Waals surface area contributed by atoms with Crippen LogP contribution >= 0.6 is 0 Å². The van der Waals surface area contributed by atoms with E-state index in [0.717, 1.165) is 0 Å². The number of hydroxylamine groups is 2. The van der Waals surface area contributed by atoms with Gasteiger partial charge in [-0.2, -0.15) is 0 Å². The van der Waals surface area contributed by atoms with E-state index in [4.69, 9.17) is 9.57 Å². The summed E-state index contributed by atoms with van der Waals surface area (Å²) in [6.07, 6.45) is -0.613. The number of likely N-dealkylation sites (N-methyl/N-ethyl adjacent to an activating group) is 1. The number of amides is 2. The molecule has 100 valence electrons. The molecule has 2 amide bonds. The Kier molecular flexibility index (Phi) is 6.57. The van der Waals surface area contributed by atoms with Crippen LogP contribution in [-0.4, -0.2) is 42.4 Å². The molecule has 0 atom stereocenters. The van der Waals surface area contributed by atoms with Crippen molar-refractivity contribution in [2.45, 2.75) is 40.2 Å². The molecule has 0 unspecified atom stereocenters. The standard InChI is InChI=1S/C11H22N2O4/c1-6-13(16-7-2)9(14)8-12-10(15)17-11(3,4)5/h6-8H2,1-5H3,(H,12,15). The molecule has 0 bridgehead atoms. The SMILES string of the molecule is CCON(CC)C(=O)CNC(=O)OC(C)(C)C. The van der Waals surface area contributed by atoms with Gasteiger partial charge in [-0.3, -0.25) is 9.63 Å². The molecule has 0 heterocycles. The summed E-state index contributed by atoms with van der Waals surface area (Å²) in [5, 5.41) is 3.59. The molecule has 0 aliphatic heterocycles. The van der Waals surface area contributed by atoms with Crippen LogP contribution in [0.1, 0.15) is 34.6 Å². The molecule has 0 aromatic rings. The van der Waals surface area contributed by atoms with E-state index in [2.05, 4.69) is 5.32 Å². The van der Waals surface area contributed by atoms with Crippen LogP contribution < -0.4 is 5.32 Å². The van der Waals surface area contributed by atoms with Crippen molar-refractivity contribution < 1.29 is 19.2 Å². The zero-order valence-electron chi connectivity index (χ0n) is 11.2. The second kappa shape index (κ2) is 7.11. The van der Waals surface area contributed by atoms with Gasteiger partial charge in [0, 0.05) is 6.54 Å². The van der Waals surface area contributed by atoms with E-state index < -0.39 is 11.7 Å². The Bertz CT molecular complexity index is 261. The molecule has 0 saturated carbocycles. The largest absolute Gasteiger partial charge is 0.444 e. The fourth-order valence-electron chi connectivity index (χ4n) is 1.05. The van der Waals surface area contributed by atoms with Crippen LogP contribution in [0.4, 0.5) is 4.79 Å². The second-order valence-corrected chi connectivity index (χ2v) is 4.36. The van der Waals surface area contributed by atoms with Gasteiger partial charge in [0.2, 0.25) is 0 Å². The number of rotatable bonds is 5. The van der Waals surface area contributed by atoms with Crippen LogP contribution in [0, 0.1) is 0 Å². The first-order valence-corrected chi connectivity index (χ1v) is 5.70. The molecule has 0 aromatic heterocycles. The van der Waals surface area contributed by atoms with Crippen molar-refractivity contribution in [3.05, 3.63) is 0 Å². The third kappa shape index (κ3) is 7.57. The Morgan fingerprint density at radius 2 is 1.82 bits per heavy atom. The van der Waals surface area contributed by atoms with E-state index in [1.165, 1.54) is 5.06 Å². The third-order valence-corrected chi connectivity index (χ3v) is 1.63. The van der Waals surface area contributed by atoms with Crippen molar-refractivity contribution in [3.63, 3.8) is 0 Å². The Balaban J connectivity index is 4.02. The summed E-state index contributed by atoms with van der Waals surface area (Å²) in [6.45, 7) is 9.56. The number of nitrogens with one attached hydrogen (secondary N) is 1. The van der Waals surface area contributed by atoms with Crippen LogP contribution in [0.5, 0.6) is 0 Å². The summed E-state index contributed by atoms with van der Waals surface area (Å²) in [7, 11) is 0. The number of ether oxygens (including phenoxy) is 1. The van der Waals surface area contributed by atoms with Crippen LogP contribution in [0.15, 0.2) is 0 Å². The molecule has 1 N–H and O–H groups in total. The topological polar surface area (TPSA) is 67.9 Å². The van der Waals surface area contributed by atoms with E-state index in [1.54, 1.807) is 34.6 Å². The lowest BCUT2D eigenvalue weighted by Crippen LogP contribution is -2.41. The minimum Gasteiger partial charge on any atom is -0.444 e. The quantitative estimate of drug-likeness (QED) is 0.743. The fourth-order valence-corrected chi connectivity index (χ4v) is 1.05. The zero-order valence-corrected chi connectivity index (χ0v) is 11.2. The van der Waals surface area contributed by atoms with Gasteiger partial charge >= 0.3 is 6.09 Å². The van der Waals surface area contributed by atoms with Gasteiger partial charge < -0.3 is 10.1 Å². The van der Waals surface area contributed by atoms with Crippen molar-refractivity contribution in [2.75, 3.05) is 19.7 Å². The van der Waals surface area contributed by atoms with Gasteiger partial charge in [-0.15, -0.1) is 0 Å². The van der Waals surface area contributed by atoms with Crippen molar-refractivity contribution in [3.8, 4) is 0 Å².